The molecule has 1 aromatic carbocycles. The van der Waals surface area contributed by atoms with Gasteiger partial charge in [-0.05, 0) is 56.6 Å². The van der Waals surface area contributed by atoms with Gasteiger partial charge in [-0.2, -0.15) is 0 Å². The lowest BCUT2D eigenvalue weighted by Gasteiger charge is -2.31. The molecule has 0 aliphatic carbocycles. The Morgan fingerprint density at radius 2 is 1.65 bits per heavy atom. The highest BCUT2D eigenvalue weighted by Gasteiger charge is 2.20. The first-order valence-corrected chi connectivity index (χ1v) is 7.94. The van der Waals surface area contributed by atoms with E-state index in [4.69, 9.17) is 5.73 Å². The van der Waals surface area contributed by atoms with Crippen LogP contribution >= 0.6 is 0 Å². The summed E-state index contributed by atoms with van der Waals surface area (Å²) in [5, 5.41) is 0. The average Bonchev–Trinajstić information content (AvgIpc) is 2.74. The van der Waals surface area contributed by atoms with Gasteiger partial charge < -0.3 is 10.6 Å². The number of benzene rings is 1. The van der Waals surface area contributed by atoms with E-state index in [0.29, 0.717) is 6.04 Å². The molecule has 1 aliphatic heterocycles. The van der Waals surface area contributed by atoms with Gasteiger partial charge in [-0.3, -0.25) is 4.90 Å². The van der Waals surface area contributed by atoms with Crippen molar-refractivity contribution in [2.75, 3.05) is 38.6 Å². The smallest absolute Gasteiger partial charge is 0.0361 e. The van der Waals surface area contributed by atoms with E-state index in [1.165, 1.54) is 50.0 Å². The Bertz CT molecular complexity index is 378. The van der Waals surface area contributed by atoms with Gasteiger partial charge in [0, 0.05) is 25.8 Å². The van der Waals surface area contributed by atoms with Crippen molar-refractivity contribution in [1.29, 1.82) is 0 Å². The molecular weight excluding hydrogens is 246 g/mol. The van der Waals surface area contributed by atoms with Gasteiger partial charge in [0.15, 0.2) is 0 Å². The molecule has 112 valence electrons. The molecule has 1 atom stereocenters. The molecule has 1 saturated heterocycles. The van der Waals surface area contributed by atoms with E-state index in [1.807, 2.05) is 0 Å². The summed E-state index contributed by atoms with van der Waals surface area (Å²) in [6, 6.07) is 9.49. The molecule has 0 amide bonds. The number of nitrogens with two attached hydrogens (primary N) is 1. The van der Waals surface area contributed by atoms with Crippen LogP contribution < -0.4 is 10.6 Å². The van der Waals surface area contributed by atoms with Crippen molar-refractivity contribution in [1.82, 2.24) is 4.90 Å². The average molecular weight is 275 g/mol. The zero-order valence-corrected chi connectivity index (χ0v) is 13.0. The van der Waals surface area contributed by atoms with Gasteiger partial charge >= 0.3 is 0 Å². The number of hydrogen-bond acceptors (Lipinski definition) is 3. The number of hydrogen-bond donors (Lipinski definition) is 1. The Morgan fingerprint density at radius 3 is 2.15 bits per heavy atom. The van der Waals surface area contributed by atoms with Crippen LogP contribution in [0.5, 0.6) is 0 Å². The van der Waals surface area contributed by atoms with E-state index < -0.39 is 0 Å². The molecule has 1 aliphatic rings. The van der Waals surface area contributed by atoms with E-state index in [-0.39, 0.29) is 0 Å². The first-order valence-electron chi connectivity index (χ1n) is 7.94. The lowest BCUT2D eigenvalue weighted by atomic mass is 10.0. The van der Waals surface area contributed by atoms with Crippen LogP contribution in [0.15, 0.2) is 24.3 Å². The summed E-state index contributed by atoms with van der Waals surface area (Å²) in [7, 11) is 4.17. The van der Waals surface area contributed by atoms with Crippen LogP contribution in [0.2, 0.25) is 0 Å². The van der Waals surface area contributed by atoms with Crippen molar-refractivity contribution >= 4 is 5.69 Å². The summed E-state index contributed by atoms with van der Waals surface area (Å²) in [6.07, 6.45) is 6.48. The molecule has 0 saturated carbocycles. The minimum atomic E-state index is 0.495. The predicted molar refractivity (Wildman–Crippen MR) is 87.2 cm³/mol. The van der Waals surface area contributed by atoms with Gasteiger partial charge in [-0.1, -0.05) is 25.0 Å². The van der Waals surface area contributed by atoms with E-state index in [0.717, 1.165) is 13.0 Å². The first kappa shape index (κ1) is 15.3. The molecule has 0 spiro atoms. The van der Waals surface area contributed by atoms with E-state index >= 15 is 0 Å². The molecule has 1 fully saturated rings. The van der Waals surface area contributed by atoms with Crippen LogP contribution in [0.1, 0.15) is 43.7 Å². The van der Waals surface area contributed by atoms with Crippen molar-refractivity contribution in [2.45, 2.75) is 38.1 Å². The highest BCUT2D eigenvalue weighted by Crippen LogP contribution is 2.28. The fourth-order valence-corrected chi connectivity index (χ4v) is 3.12. The topological polar surface area (TPSA) is 32.5 Å². The molecule has 20 heavy (non-hydrogen) atoms. The molecule has 2 rings (SSSR count). The molecule has 1 heterocycles. The minimum absolute atomic E-state index is 0.495. The first-order chi connectivity index (χ1) is 9.72. The minimum Gasteiger partial charge on any atom is -0.378 e. The number of rotatable bonds is 5. The molecule has 3 nitrogen and oxygen atoms in total. The summed E-state index contributed by atoms with van der Waals surface area (Å²) in [6.45, 7) is 3.21. The summed E-state index contributed by atoms with van der Waals surface area (Å²) in [5.41, 5.74) is 8.54. The summed E-state index contributed by atoms with van der Waals surface area (Å²) in [5.74, 6) is 0. The predicted octanol–water partition coefficient (Wildman–Crippen LogP) is 3.02. The van der Waals surface area contributed by atoms with Crippen molar-refractivity contribution in [3.05, 3.63) is 29.8 Å². The van der Waals surface area contributed by atoms with Crippen LogP contribution in [0.25, 0.3) is 0 Å². The van der Waals surface area contributed by atoms with Crippen molar-refractivity contribution in [3.63, 3.8) is 0 Å². The molecule has 0 radical (unpaired) electrons. The molecular formula is C17H29N3. The van der Waals surface area contributed by atoms with Crippen molar-refractivity contribution in [3.8, 4) is 0 Å². The standard InChI is InChI=1S/C17H29N3/c1-19(2)16-9-7-15(8-10-16)17(11-12-18)20-13-5-3-4-6-14-20/h7-10,17H,3-6,11-14,18H2,1-2H3. The van der Waals surface area contributed by atoms with Crippen LogP contribution in [-0.2, 0) is 0 Å². The van der Waals surface area contributed by atoms with Crippen molar-refractivity contribution in [2.24, 2.45) is 5.73 Å². The fourth-order valence-electron chi connectivity index (χ4n) is 3.12. The lowest BCUT2D eigenvalue weighted by Crippen LogP contribution is -2.31. The Morgan fingerprint density at radius 1 is 1.05 bits per heavy atom. The maximum atomic E-state index is 5.86. The monoisotopic (exact) mass is 275 g/mol. The Hall–Kier alpha value is -1.06. The van der Waals surface area contributed by atoms with Crippen LogP contribution in [0.4, 0.5) is 5.69 Å². The molecule has 2 N–H and O–H groups in total. The van der Waals surface area contributed by atoms with Crippen molar-refractivity contribution < 1.29 is 0 Å². The maximum absolute atomic E-state index is 5.86. The van der Waals surface area contributed by atoms with Crippen LogP contribution in [0.3, 0.4) is 0 Å². The van der Waals surface area contributed by atoms with Gasteiger partial charge in [0.2, 0.25) is 0 Å². The van der Waals surface area contributed by atoms with Crippen LogP contribution in [0, 0.1) is 0 Å². The third kappa shape index (κ3) is 3.97. The quantitative estimate of drug-likeness (QED) is 0.896. The third-order valence-corrected chi connectivity index (χ3v) is 4.32. The molecule has 0 bridgehead atoms. The molecule has 1 aromatic rings. The summed E-state index contributed by atoms with van der Waals surface area (Å²) < 4.78 is 0. The zero-order valence-electron chi connectivity index (χ0n) is 13.0. The summed E-state index contributed by atoms with van der Waals surface area (Å²) >= 11 is 0. The highest BCUT2D eigenvalue weighted by atomic mass is 15.2. The van der Waals surface area contributed by atoms with E-state index in [9.17, 15) is 0 Å². The Kier molecular flexibility index (Phi) is 5.86. The summed E-state index contributed by atoms with van der Waals surface area (Å²) in [4.78, 5) is 4.79. The van der Waals surface area contributed by atoms with E-state index in [2.05, 4.69) is 48.2 Å². The number of anilines is 1. The van der Waals surface area contributed by atoms with Gasteiger partial charge in [0.1, 0.15) is 0 Å². The normalized spacial score (nSPS) is 18.6. The lowest BCUT2D eigenvalue weighted by molar-refractivity contribution is 0.197. The van der Waals surface area contributed by atoms with Gasteiger partial charge in [-0.15, -0.1) is 0 Å². The van der Waals surface area contributed by atoms with E-state index in [1.54, 1.807) is 0 Å². The Labute approximate surface area is 123 Å². The fraction of sp³-hybridized carbons (Fsp3) is 0.647. The number of likely N-dealkylation sites (tertiary alicyclic amines) is 1. The Balaban J connectivity index is 2.13. The van der Waals surface area contributed by atoms with Gasteiger partial charge in [0.05, 0.1) is 0 Å². The highest BCUT2D eigenvalue weighted by molar-refractivity contribution is 5.46. The third-order valence-electron chi connectivity index (χ3n) is 4.32. The zero-order chi connectivity index (χ0) is 14.4. The molecule has 3 heteroatoms. The molecule has 1 unspecified atom stereocenters. The number of nitrogens with zero attached hydrogens (tertiary/aromatic N) is 2. The maximum Gasteiger partial charge on any atom is 0.0361 e. The van der Waals surface area contributed by atoms with Gasteiger partial charge in [-0.25, -0.2) is 0 Å². The second-order valence-electron chi connectivity index (χ2n) is 6.03. The van der Waals surface area contributed by atoms with Crippen LogP contribution in [-0.4, -0.2) is 38.6 Å². The van der Waals surface area contributed by atoms with Gasteiger partial charge in [0.25, 0.3) is 0 Å². The largest absolute Gasteiger partial charge is 0.378 e. The molecule has 0 aromatic heterocycles. The second-order valence-corrected chi connectivity index (χ2v) is 6.03. The SMILES string of the molecule is CN(C)c1ccc(C(CCN)N2CCCCCC2)cc1. The second kappa shape index (κ2) is 7.65.